The van der Waals surface area contributed by atoms with Gasteiger partial charge in [0.25, 0.3) is 0 Å². The molecule has 0 heterocycles. The van der Waals surface area contributed by atoms with Crippen LogP contribution < -0.4 is 0 Å². The van der Waals surface area contributed by atoms with Crippen molar-refractivity contribution in [3.8, 4) is 0 Å². The van der Waals surface area contributed by atoms with E-state index >= 15 is 0 Å². The minimum Gasteiger partial charge on any atom is -0.291 e. The number of halogens is 1. The molecule has 0 spiro atoms. The molecule has 2 atom stereocenters. The number of hydrogen-bond donors (Lipinski definition) is 0. The van der Waals surface area contributed by atoms with Gasteiger partial charge in [-0.15, -0.1) is 0 Å². The van der Waals surface area contributed by atoms with Crippen LogP contribution in [0.1, 0.15) is 15.9 Å². The van der Waals surface area contributed by atoms with E-state index in [1.807, 2.05) is 49.4 Å². The molecule has 0 saturated carbocycles. The van der Waals surface area contributed by atoms with Crippen LogP contribution in [0.4, 0.5) is 0 Å². The summed E-state index contributed by atoms with van der Waals surface area (Å²) in [6.07, 6.45) is 0. The third-order valence-corrected chi connectivity index (χ3v) is 5.69. The van der Waals surface area contributed by atoms with E-state index in [9.17, 15) is 9.00 Å². The van der Waals surface area contributed by atoms with Crippen molar-refractivity contribution in [1.29, 1.82) is 0 Å². The van der Waals surface area contributed by atoms with Crippen LogP contribution in [0.3, 0.4) is 0 Å². The molecule has 0 fully saturated rings. The molecule has 2 nitrogen and oxygen atoms in total. The van der Waals surface area contributed by atoms with Crippen molar-refractivity contribution >= 4 is 39.0 Å². The fourth-order valence-electron chi connectivity index (χ4n) is 2.36. The van der Waals surface area contributed by atoms with Gasteiger partial charge in [0.2, 0.25) is 0 Å². The summed E-state index contributed by atoms with van der Waals surface area (Å²) in [7, 11) is -1.58. The molecule has 0 radical (unpaired) electrons. The summed E-state index contributed by atoms with van der Waals surface area (Å²) in [5.41, 5.74) is 1.54. The molecule has 0 aliphatic heterocycles. The van der Waals surface area contributed by atoms with Gasteiger partial charge in [-0.2, -0.15) is 0 Å². The molecule has 0 aromatic heterocycles. The van der Waals surface area contributed by atoms with Crippen LogP contribution in [-0.4, -0.2) is 14.7 Å². The van der Waals surface area contributed by atoms with Crippen LogP contribution in [0, 0.1) is 6.92 Å². The van der Waals surface area contributed by atoms with Crippen LogP contribution in [0.15, 0.2) is 71.6 Å². The van der Waals surface area contributed by atoms with Gasteiger partial charge in [0, 0.05) is 10.5 Å². The maximum Gasteiger partial charge on any atom is 0.193 e. The number of rotatable bonds is 4. The standard InChI is InChI=1S/C19H15ClO2S/c1-13-6-10-17(11-7-13)23(22)19(20)18(21)16-9-8-14-4-2-3-5-15(14)12-16/h2-12,19H,1H3. The van der Waals surface area contributed by atoms with Gasteiger partial charge >= 0.3 is 0 Å². The second-order valence-electron chi connectivity index (χ2n) is 5.35. The fourth-order valence-corrected chi connectivity index (χ4v) is 3.77. The summed E-state index contributed by atoms with van der Waals surface area (Å²) < 4.78 is 11.4. The first kappa shape index (κ1) is 15.9. The number of ketones is 1. The quantitative estimate of drug-likeness (QED) is 0.508. The molecule has 4 heteroatoms. The van der Waals surface area contributed by atoms with Crippen molar-refractivity contribution in [2.24, 2.45) is 0 Å². The van der Waals surface area contributed by atoms with Gasteiger partial charge in [0.05, 0.1) is 10.8 Å². The second-order valence-corrected chi connectivity index (χ2v) is 7.59. The first-order valence-electron chi connectivity index (χ1n) is 7.20. The van der Waals surface area contributed by atoms with Gasteiger partial charge in [-0.3, -0.25) is 9.00 Å². The number of carbonyl (C=O) groups excluding carboxylic acids is 1. The Morgan fingerprint density at radius 3 is 2.30 bits per heavy atom. The zero-order valence-corrected chi connectivity index (χ0v) is 14.1. The predicted octanol–water partition coefficient (Wildman–Crippen LogP) is 4.70. The van der Waals surface area contributed by atoms with Gasteiger partial charge in [-0.05, 0) is 35.9 Å². The van der Waals surface area contributed by atoms with Gasteiger partial charge in [0.15, 0.2) is 10.5 Å². The molecule has 3 aromatic carbocycles. The summed E-state index contributed by atoms with van der Waals surface area (Å²) in [6.45, 7) is 1.95. The Kier molecular flexibility index (Phi) is 4.60. The Morgan fingerprint density at radius 1 is 0.957 bits per heavy atom. The lowest BCUT2D eigenvalue weighted by atomic mass is 10.1. The highest BCUT2D eigenvalue weighted by atomic mass is 35.5. The SMILES string of the molecule is Cc1ccc(S(=O)C(Cl)C(=O)c2ccc3ccccc3c2)cc1. The Balaban J connectivity index is 1.88. The maximum atomic E-state index is 12.5. The van der Waals surface area contributed by atoms with E-state index in [-0.39, 0.29) is 5.78 Å². The van der Waals surface area contributed by atoms with Gasteiger partial charge in [-0.25, -0.2) is 0 Å². The summed E-state index contributed by atoms with van der Waals surface area (Å²) in [4.78, 5) is 13.1. The van der Waals surface area contributed by atoms with E-state index in [0.717, 1.165) is 16.3 Å². The molecule has 0 bridgehead atoms. The Morgan fingerprint density at radius 2 is 1.61 bits per heavy atom. The summed E-state index contributed by atoms with van der Waals surface area (Å²) in [5.74, 6) is -0.323. The zero-order chi connectivity index (χ0) is 16.4. The Bertz CT molecular complexity index is 887. The molecular formula is C19H15ClO2S. The van der Waals surface area contributed by atoms with Crippen LogP contribution in [0.5, 0.6) is 0 Å². The van der Waals surface area contributed by atoms with Gasteiger partial charge in [0.1, 0.15) is 0 Å². The lowest BCUT2D eigenvalue weighted by Gasteiger charge is -2.10. The average molecular weight is 343 g/mol. The van der Waals surface area contributed by atoms with Crippen molar-refractivity contribution < 1.29 is 9.00 Å². The predicted molar refractivity (Wildman–Crippen MR) is 95.5 cm³/mol. The van der Waals surface area contributed by atoms with Crippen LogP contribution in [-0.2, 0) is 10.8 Å². The van der Waals surface area contributed by atoms with E-state index < -0.39 is 15.5 Å². The molecule has 0 saturated heterocycles. The third kappa shape index (κ3) is 3.36. The van der Waals surface area contributed by atoms with Crippen molar-refractivity contribution in [3.63, 3.8) is 0 Å². The largest absolute Gasteiger partial charge is 0.291 e. The molecule has 0 N–H and O–H groups in total. The fraction of sp³-hybridized carbons (Fsp3) is 0.105. The molecule has 23 heavy (non-hydrogen) atoms. The monoisotopic (exact) mass is 342 g/mol. The molecule has 0 amide bonds. The number of benzene rings is 3. The highest BCUT2D eigenvalue weighted by Crippen LogP contribution is 2.22. The number of fused-ring (bicyclic) bond motifs is 1. The highest BCUT2D eigenvalue weighted by molar-refractivity contribution is 7.88. The summed E-state index contributed by atoms with van der Waals surface area (Å²) >= 11 is 6.19. The number of carbonyl (C=O) groups is 1. The first-order valence-corrected chi connectivity index (χ1v) is 8.85. The lowest BCUT2D eigenvalue weighted by Crippen LogP contribution is -2.20. The van der Waals surface area contributed by atoms with Gasteiger partial charge in [-0.1, -0.05) is 65.7 Å². The molecule has 3 aromatic rings. The smallest absolute Gasteiger partial charge is 0.193 e. The molecule has 116 valence electrons. The molecule has 0 aliphatic rings. The number of Topliss-reactive ketones (excluding diaryl/α,β-unsaturated/α-hetero) is 1. The topological polar surface area (TPSA) is 34.1 Å². The van der Waals surface area contributed by atoms with E-state index in [1.165, 1.54) is 0 Å². The highest BCUT2D eigenvalue weighted by Gasteiger charge is 2.25. The number of hydrogen-bond acceptors (Lipinski definition) is 2. The third-order valence-electron chi connectivity index (χ3n) is 3.68. The minimum absolute atomic E-state index is 0.323. The van der Waals surface area contributed by atoms with Crippen molar-refractivity contribution in [2.75, 3.05) is 0 Å². The average Bonchev–Trinajstić information content (AvgIpc) is 2.60. The van der Waals surface area contributed by atoms with E-state index in [2.05, 4.69) is 0 Å². The second kappa shape index (κ2) is 6.65. The van der Waals surface area contributed by atoms with Crippen molar-refractivity contribution in [3.05, 3.63) is 77.9 Å². The zero-order valence-electron chi connectivity index (χ0n) is 12.5. The van der Waals surface area contributed by atoms with E-state index in [1.54, 1.807) is 24.3 Å². The Labute approximate surface area is 142 Å². The minimum atomic E-state index is -1.58. The lowest BCUT2D eigenvalue weighted by molar-refractivity contribution is 0.101. The normalized spacial score (nSPS) is 13.7. The Hall–Kier alpha value is -1.97. The van der Waals surface area contributed by atoms with Gasteiger partial charge < -0.3 is 0 Å². The van der Waals surface area contributed by atoms with Crippen molar-refractivity contribution in [1.82, 2.24) is 0 Å². The summed E-state index contributed by atoms with van der Waals surface area (Å²) in [5, 5.41) is 2.01. The van der Waals surface area contributed by atoms with Crippen molar-refractivity contribution in [2.45, 2.75) is 16.5 Å². The van der Waals surface area contributed by atoms with E-state index in [0.29, 0.717) is 10.5 Å². The first-order chi connectivity index (χ1) is 11.1. The van der Waals surface area contributed by atoms with E-state index in [4.69, 9.17) is 11.6 Å². The summed E-state index contributed by atoms with van der Waals surface area (Å²) in [6, 6.07) is 20.4. The molecule has 0 aliphatic carbocycles. The van der Waals surface area contributed by atoms with Crippen LogP contribution in [0.2, 0.25) is 0 Å². The molecule has 2 unspecified atom stereocenters. The number of aryl methyl sites for hydroxylation is 1. The maximum absolute atomic E-state index is 12.5. The number of alkyl halides is 1. The van der Waals surface area contributed by atoms with Crippen LogP contribution >= 0.6 is 11.6 Å². The molecular weight excluding hydrogens is 328 g/mol. The molecule has 3 rings (SSSR count). The van der Waals surface area contributed by atoms with Crippen LogP contribution in [0.25, 0.3) is 10.8 Å².